The zero-order valence-corrected chi connectivity index (χ0v) is 13.9. The number of piperidine rings is 1. The van der Waals surface area contributed by atoms with Crippen molar-refractivity contribution in [3.8, 4) is 0 Å². The van der Waals surface area contributed by atoms with Crippen molar-refractivity contribution in [2.24, 2.45) is 5.73 Å². The Morgan fingerprint density at radius 1 is 1.31 bits per heavy atom. The van der Waals surface area contributed by atoms with E-state index in [1.807, 2.05) is 0 Å². The molecule has 1 aliphatic heterocycles. The highest BCUT2D eigenvalue weighted by molar-refractivity contribution is 5.98. The third kappa shape index (κ3) is 2.84. The smallest absolute Gasteiger partial charge is 0.270 e. The summed E-state index contributed by atoms with van der Waals surface area (Å²) in [6.45, 7) is 1.40. The lowest BCUT2D eigenvalue weighted by molar-refractivity contribution is 0.0706. The van der Waals surface area contributed by atoms with Gasteiger partial charge in [-0.2, -0.15) is 5.10 Å². The number of nitrogens with one attached hydrogen (secondary N) is 2. The second kappa shape index (κ2) is 6.49. The standard InChI is InChI=1S/C17H18F2N6O/c18-11-1-2-12-10(15(11)19)7-13(21-12)17(26)25-5-3-9(4-6-25)16-22-14(8-20)23-24-16/h1-2,7,9,21H,3-6,8,20H2,(H,22,23,24). The molecule has 0 unspecified atom stereocenters. The van der Waals surface area contributed by atoms with Crippen molar-refractivity contribution < 1.29 is 13.6 Å². The molecular formula is C17H18F2N6O. The highest BCUT2D eigenvalue weighted by Crippen LogP contribution is 2.27. The van der Waals surface area contributed by atoms with Gasteiger partial charge in [0.05, 0.1) is 6.54 Å². The number of carbonyl (C=O) groups excluding carboxylic acids is 1. The molecule has 1 aliphatic rings. The van der Waals surface area contributed by atoms with E-state index in [0.717, 1.165) is 24.7 Å². The van der Waals surface area contributed by atoms with Crippen molar-refractivity contribution in [2.45, 2.75) is 25.3 Å². The normalized spacial score (nSPS) is 15.7. The number of aromatic nitrogens is 4. The molecule has 26 heavy (non-hydrogen) atoms. The van der Waals surface area contributed by atoms with E-state index in [1.54, 1.807) is 4.90 Å². The molecule has 0 radical (unpaired) electrons. The van der Waals surface area contributed by atoms with Crippen LogP contribution in [0.25, 0.3) is 10.9 Å². The average molecular weight is 360 g/mol. The maximum absolute atomic E-state index is 13.8. The van der Waals surface area contributed by atoms with Gasteiger partial charge in [-0.3, -0.25) is 9.89 Å². The van der Waals surface area contributed by atoms with Crippen molar-refractivity contribution in [2.75, 3.05) is 13.1 Å². The third-order valence-corrected chi connectivity index (χ3v) is 4.81. The molecule has 1 saturated heterocycles. The van der Waals surface area contributed by atoms with E-state index in [1.165, 1.54) is 12.1 Å². The summed E-state index contributed by atoms with van der Waals surface area (Å²) in [5, 5.41) is 7.06. The topological polar surface area (TPSA) is 104 Å². The molecule has 1 fully saturated rings. The summed E-state index contributed by atoms with van der Waals surface area (Å²) in [5.41, 5.74) is 6.19. The molecule has 4 N–H and O–H groups in total. The molecule has 0 spiro atoms. The van der Waals surface area contributed by atoms with Gasteiger partial charge in [-0.25, -0.2) is 13.8 Å². The third-order valence-electron chi connectivity index (χ3n) is 4.81. The summed E-state index contributed by atoms with van der Waals surface area (Å²) in [6, 6.07) is 3.83. The molecule has 2 aromatic heterocycles. The van der Waals surface area contributed by atoms with Crippen LogP contribution in [0.2, 0.25) is 0 Å². The number of fused-ring (bicyclic) bond motifs is 1. The fourth-order valence-electron chi connectivity index (χ4n) is 3.35. The van der Waals surface area contributed by atoms with Gasteiger partial charge in [-0.1, -0.05) is 0 Å². The van der Waals surface area contributed by atoms with Gasteiger partial charge in [-0.05, 0) is 31.0 Å². The van der Waals surface area contributed by atoms with Gasteiger partial charge in [0.15, 0.2) is 17.5 Å². The first-order valence-electron chi connectivity index (χ1n) is 8.44. The number of carbonyl (C=O) groups is 1. The second-order valence-electron chi connectivity index (χ2n) is 6.42. The number of hydrogen-bond donors (Lipinski definition) is 3. The Bertz CT molecular complexity index is 957. The van der Waals surface area contributed by atoms with Crippen LogP contribution in [0.15, 0.2) is 18.2 Å². The maximum Gasteiger partial charge on any atom is 0.270 e. The van der Waals surface area contributed by atoms with E-state index in [-0.39, 0.29) is 22.9 Å². The first kappa shape index (κ1) is 16.6. The van der Waals surface area contributed by atoms with Crippen LogP contribution in [0.1, 0.15) is 40.9 Å². The van der Waals surface area contributed by atoms with Crippen LogP contribution in [-0.4, -0.2) is 44.1 Å². The monoisotopic (exact) mass is 360 g/mol. The largest absolute Gasteiger partial charge is 0.350 e. The van der Waals surface area contributed by atoms with Gasteiger partial charge in [-0.15, -0.1) is 0 Å². The Labute approximate surface area is 147 Å². The molecule has 1 amide bonds. The van der Waals surface area contributed by atoms with Gasteiger partial charge in [0.1, 0.15) is 11.5 Å². The first-order chi connectivity index (χ1) is 12.6. The highest BCUT2D eigenvalue weighted by Gasteiger charge is 2.27. The summed E-state index contributed by atoms with van der Waals surface area (Å²) in [4.78, 5) is 21.6. The number of amides is 1. The molecule has 0 atom stereocenters. The molecule has 1 aromatic carbocycles. The van der Waals surface area contributed by atoms with Crippen molar-refractivity contribution in [3.05, 3.63) is 47.2 Å². The predicted molar refractivity (Wildman–Crippen MR) is 90.4 cm³/mol. The van der Waals surface area contributed by atoms with Gasteiger partial charge in [0, 0.05) is 29.9 Å². The van der Waals surface area contributed by atoms with E-state index in [9.17, 15) is 13.6 Å². The summed E-state index contributed by atoms with van der Waals surface area (Å²) < 4.78 is 27.2. The molecule has 136 valence electrons. The van der Waals surface area contributed by atoms with Crippen LogP contribution >= 0.6 is 0 Å². The molecule has 4 rings (SSSR count). The summed E-state index contributed by atoms with van der Waals surface area (Å²) >= 11 is 0. The fourth-order valence-corrected chi connectivity index (χ4v) is 3.35. The number of nitrogens with zero attached hydrogens (tertiary/aromatic N) is 3. The molecule has 3 aromatic rings. The van der Waals surface area contributed by atoms with E-state index in [4.69, 9.17) is 5.73 Å². The van der Waals surface area contributed by atoms with Crippen LogP contribution in [0.3, 0.4) is 0 Å². The quantitative estimate of drug-likeness (QED) is 0.665. The van der Waals surface area contributed by atoms with E-state index in [2.05, 4.69) is 20.2 Å². The van der Waals surface area contributed by atoms with E-state index >= 15 is 0 Å². The molecule has 3 heterocycles. The lowest BCUT2D eigenvalue weighted by Gasteiger charge is -2.30. The van der Waals surface area contributed by atoms with Crippen molar-refractivity contribution in [1.29, 1.82) is 0 Å². The van der Waals surface area contributed by atoms with Crippen LogP contribution in [-0.2, 0) is 6.54 Å². The maximum atomic E-state index is 13.8. The van der Waals surface area contributed by atoms with Crippen molar-refractivity contribution in [3.63, 3.8) is 0 Å². The Kier molecular flexibility index (Phi) is 4.15. The average Bonchev–Trinajstić information content (AvgIpc) is 3.31. The number of rotatable bonds is 3. The second-order valence-corrected chi connectivity index (χ2v) is 6.42. The minimum Gasteiger partial charge on any atom is -0.350 e. The van der Waals surface area contributed by atoms with E-state index in [0.29, 0.717) is 31.0 Å². The lowest BCUT2D eigenvalue weighted by atomic mass is 9.96. The molecule has 0 saturated carbocycles. The number of hydrogen-bond acceptors (Lipinski definition) is 4. The van der Waals surface area contributed by atoms with E-state index < -0.39 is 11.6 Å². The van der Waals surface area contributed by atoms with Crippen molar-refractivity contribution in [1.82, 2.24) is 25.1 Å². The van der Waals surface area contributed by atoms with Gasteiger partial charge in [0.2, 0.25) is 0 Å². The Balaban J connectivity index is 1.47. The lowest BCUT2D eigenvalue weighted by Crippen LogP contribution is -2.38. The van der Waals surface area contributed by atoms with Crippen molar-refractivity contribution >= 4 is 16.8 Å². The SMILES string of the molecule is NCc1nc(C2CCN(C(=O)c3cc4c(F)c(F)ccc4[nH]3)CC2)n[nH]1. The molecule has 0 aliphatic carbocycles. The number of benzene rings is 1. The van der Waals surface area contributed by atoms with Crippen LogP contribution < -0.4 is 5.73 Å². The summed E-state index contributed by atoms with van der Waals surface area (Å²) in [7, 11) is 0. The molecule has 0 bridgehead atoms. The van der Waals surface area contributed by atoms with Gasteiger partial charge in [0.25, 0.3) is 5.91 Å². The summed E-state index contributed by atoms with van der Waals surface area (Å²) in [6.07, 6.45) is 1.47. The van der Waals surface area contributed by atoms with Crippen LogP contribution in [0, 0.1) is 11.6 Å². The number of nitrogens with two attached hydrogens (primary N) is 1. The number of halogens is 2. The van der Waals surface area contributed by atoms with Gasteiger partial charge < -0.3 is 15.6 Å². The number of aromatic amines is 2. The number of likely N-dealkylation sites (tertiary alicyclic amines) is 1. The summed E-state index contributed by atoms with van der Waals surface area (Å²) in [5.74, 6) is -0.565. The fraction of sp³-hybridized carbons (Fsp3) is 0.353. The molecule has 9 heteroatoms. The van der Waals surface area contributed by atoms with Crippen LogP contribution in [0.4, 0.5) is 8.78 Å². The number of H-pyrrole nitrogens is 2. The molecular weight excluding hydrogens is 342 g/mol. The Hall–Kier alpha value is -2.81. The minimum atomic E-state index is -0.947. The predicted octanol–water partition coefficient (Wildman–Crippen LogP) is 2.04. The molecule has 7 nitrogen and oxygen atoms in total. The minimum absolute atomic E-state index is 0.0817. The highest BCUT2D eigenvalue weighted by atomic mass is 19.2. The van der Waals surface area contributed by atoms with Crippen LogP contribution in [0.5, 0.6) is 0 Å². The first-order valence-corrected chi connectivity index (χ1v) is 8.44. The Morgan fingerprint density at radius 2 is 2.08 bits per heavy atom. The zero-order chi connectivity index (χ0) is 18.3. The van der Waals surface area contributed by atoms with Gasteiger partial charge >= 0.3 is 0 Å². The zero-order valence-electron chi connectivity index (χ0n) is 13.9. The Morgan fingerprint density at radius 3 is 2.77 bits per heavy atom.